The molecule has 1 N–H and O–H groups in total. The second-order valence-electron chi connectivity index (χ2n) is 5.86. The van der Waals surface area contributed by atoms with E-state index < -0.39 is 5.91 Å². The van der Waals surface area contributed by atoms with E-state index in [2.05, 4.69) is 10.5 Å². The Kier molecular flexibility index (Phi) is 6.34. The normalized spacial score (nSPS) is 11.1. The Labute approximate surface area is 171 Å². The number of halogens is 2. The van der Waals surface area contributed by atoms with Crippen LogP contribution in [0.15, 0.2) is 53.8 Å². The van der Waals surface area contributed by atoms with Crippen molar-refractivity contribution < 1.29 is 14.3 Å². The highest BCUT2D eigenvalue weighted by atomic mass is 35.5. The Bertz CT molecular complexity index is 1060. The molecule has 0 spiro atoms. The Balaban J connectivity index is 1.80. The molecular formula is C20H17Cl2N3O3. The molecule has 0 aliphatic carbocycles. The molecule has 8 heteroatoms. The minimum absolute atomic E-state index is 0.0922. The second kappa shape index (κ2) is 8.91. The molecule has 6 nitrogen and oxygen atoms in total. The van der Waals surface area contributed by atoms with Gasteiger partial charge in [0.1, 0.15) is 6.54 Å². The number of esters is 1. The Morgan fingerprint density at radius 1 is 1.21 bits per heavy atom. The number of hydrazone groups is 1. The maximum Gasteiger partial charge on any atom is 0.325 e. The molecule has 3 rings (SSSR count). The zero-order valence-corrected chi connectivity index (χ0v) is 16.5. The number of nitrogens with zero attached hydrogens (tertiary/aromatic N) is 2. The molecule has 0 saturated heterocycles. The number of aromatic nitrogens is 1. The molecule has 0 fully saturated rings. The molecule has 0 aliphatic heterocycles. The lowest BCUT2D eigenvalue weighted by atomic mass is 10.2. The Hall–Kier alpha value is -2.83. The van der Waals surface area contributed by atoms with Crippen LogP contribution in [0.3, 0.4) is 0 Å². The van der Waals surface area contributed by atoms with Crippen LogP contribution in [0.2, 0.25) is 10.0 Å². The average Bonchev–Trinajstić information content (AvgIpc) is 2.99. The van der Waals surface area contributed by atoms with Crippen LogP contribution in [0, 0.1) is 0 Å². The first-order valence-corrected chi connectivity index (χ1v) is 9.27. The van der Waals surface area contributed by atoms with Crippen LogP contribution in [0.25, 0.3) is 10.9 Å². The van der Waals surface area contributed by atoms with Gasteiger partial charge in [0.25, 0.3) is 5.91 Å². The standard InChI is InChI=1S/C20H17Cl2N3O3/c1-2-28-19(26)12-25-11-13(15-5-3-4-6-18(15)25)10-23-24-20(27)16-8-7-14(21)9-17(16)22/h3-11H,2,12H2,1H3,(H,24,27)/b23-10-. The summed E-state index contributed by atoms with van der Waals surface area (Å²) in [4.78, 5) is 24.1. The van der Waals surface area contributed by atoms with Crippen LogP contribution < -0.4 is 5.43 Å². The fourth-order valence-corrected chi connectivity index (χ4v) is 3.24. The predicted molar refractivity (Wildman–Crippen MR) is 110 cm³/mol. The summed E-state index contributed by atoms with van der Waals surface area (Å²) >= 11 is 11.9. The molecule has 1 amide bonds. The van der Waals surface area contributed by atoms with Gasteiger partial charge in [0, 0.05) is 27.7 Å². The third-order valence-corrected chi connectivity index (χ3v) is 4.52. The fraction of sp³-hybridized carbons (Fsp3) is 0.150. The van der Waals surface area contributed by atoms with Gasteiger partial charge in [-0.2, -0.15) is 5.10 Å². The molecule has 0 aliphatic rings. The van der Waals surface area contributed by atoms with Crippen molar-refractivity contribution in [1.82, 2.24) is 9.99 Å². The van der Waals surface area contributed by atoms with Crippen molar-refractivity contribution in [2.24, 2.45) is 5.10 Å². The van der Waals surface area contributed by atoms with Gasteiger partial charge in [-0.25, -0.2) is 5.43 Å². The van der Waals surface area contributed by atoms with Crippen LogP contribution in [-0.2, 0) is 16.1 Å². The lowest BCUT2D eigenvalue weighted by Gasteiger charge is -2.04. The van der Waals surface area contributed by atoms with Crippen molar-refractivity contribution in [3.63, 3.8) is 0 Å². The van der Waals surface area contributed by atoms with Gasteiger partial charge in [-0.3, -0.25) is 9.59 Å². The van der Waals surface area contributed by atoms with Crippen molar-refractivity contribution in [3.8, 4) is 0 Å². The fourth-order valence-electron chi connectivity index (χ4n) is 2.75. The number of amides is 1. The largest absolute Gasteiger partial charge is 0.465 e. The number of hydrogen-bond donors (Lipinski definition) is 1. The van der Waals surface area contributed by atoms with Crippen molar-refractivity contribution in [2.75, 3.05) is 6.61 Å². The quantitative estimate of drug-likeness (QED) is 0.369. The van der Waals surface area contributed by atoms with Gasteiger partial charge in [0.15, 0.2) is 0 Å². The third kappa shape index (κ3) is 4.52. The molecule has 0 radical (unpaired) electrons. The highest BCUT2D eigenvalue weighted by Gasteiger charge is 2.12. The summed E-state index contributed by atoms with van der Waals surface area (Å²) in [6.45, 7) is 2.18. The summed E-state index contributed by atoms with van der Waals surface area (Å²) < 4.78 is 6.80. The first-order valence-electron chi connectivity index (χ1n) is 8.51. The van der Waals surface area contributed by atoms with E-state index in [4.69, 9.17) is 27.9 Å². The van der Waals surface area contributed by atoms with E-state index in [9.17, 15) is 9.59 Å². The van der Waals surface area contributed by atoms with Gasteiger partial charge < -0.3 is 9.30 Å². The smallest absolute Gasteiger partial charge is 0.325 e. The topological polar surface area (TPSA) is 72.7 Å². The Morgan fingerprint density at radius 3 is 2.75 bits per heavy atom. The first kappa shape index (κ1) is 19.9. The zero-order valence-electron chi connectivity index (χ0n) is 15.0. The van der Waals surface area contributed by atoms with E-state index in [0.717, 1.165) is 16.5 Å². The lowest BCUT2D eigenvalue weighted by Crippen LogP contribution is -2.18. The van der Waals surface area contributed by atoms with Crippen molar-refractivity contribution >= 4 is 52.2 Å². The average molecular weight is 418 g/mol. The van der Waals surface area contributed by atoms with E-state index in [1.165, 1.54) is 18.3 Å². The van der Waals surface area contributed by atoms with Gasteiger partial charge in [0.2, 0.25) is 0 Å². The van der Waals surface area contributed by atoms with E-state index in [0.29, 0.717) is 11.6 Å². The monoisotopic (exact) mass is 417 g/mol. The van der Waals surface area contributed by atoms with Crippen molar-refractivity contribution in [2.45, 2.75) is 13.5 Å². The highest BCUT2D eigenvalue weighted by Crippen LogP contribution is 2.21. The summed E-state index contributed by atoms with van der Waals surface area (Å²) in [5.41, 5.74) is 4.33. The van der Waals surface area contributed by atoms with E-state index in [1.807, 2.05) is 24.3 Å². The van der Waals surface area contributed by atoms with Gasteiger partial charge >= 0.3 is 5.97 Å². The van der Waals surface area contributed by atoms with E-state index >= 15 is 0 Å². The molecule has 0 saturated carbocycles. The molecule has 0 bridgehead atoms. The third-order valence-electron chi connectivity index (χ3n) is 3.97. The molecule has 0 atom stereocenters. The van der Waals surface area contributed by atoms with E-state index in [1.54, 1.807) is 23.8 Å². The van der Waals surface area contributed by atoms with Crippen LogP contribution >= 0.6 is 23.2 Å². The summed E-state index contributed by atoms with van der Waals surface area (Å²) in [6, 6.07) is 12.2. The van der Waals surface area contributed by atoms with Crippen LogP contribution in [-0.4, -0.2) is 29.3 Å². The minimum Gasteiger partial charge on any atom is -0.465 e. The maximum atomic E-state index is 12.2. The summed E-state index contributed by atoms with van der Waals surface area (Å²) in [5.74, 6) is -0.773. The zero-order chi connectivity index (χ0) is 20.1. The molecule has 144 valence electrons. The van der Waals surface area contributed by atoms with Crippen LogP contribution in [0.4, 0.5) is 0 Å². The number of ether oxygens (including phenoxy) is 1. The van der Waals surface area contributed by atoms with Crippen LogP contribution in [0.1, 0.15) is 22.8 Å². The number of hydrogen-bond acceptors (Lipinski definition) is 4. The van der Waals surface area contributed by atoms with E-state index in [-0.39, 0.29) is 23.1 Å². The molecule has 3 aromatic rings. The molecule has 1 heterocycles. The molecule has 1 aromatic heterocycles. The van der Waals surface area contributed by atoms with Gasteiger partial charge in [0.05, 0.1) is 23.4 Å². The molecule has 2 aromatic carbocycles. The number of fused-ring (bicyclic) bond motifs is 1. The number of carbonyl (C=O) groups excluding carboxylic acids is 2. The number of benzene rings is 2. The molecular weight excluding hydrogens is 401 g/mol. The van der Waals surface area contributed by atoms with Gasteiger partial charge in [-0.05, 0) is 31.2 Å². The Morgan fingerprint density at radius 2 is 2.00 bits per heavy atom. The predicted octanol–water partition coefficient (Wildman–Crippen LogP) is 4.28. The second-order valence-corrected chi connectivity index (χ2v) is 6.70. The lowest BCUT2D eigenvalue weighted by molar-refractivity contribution is -0.143. The summed E-state index contributed by atoms with van der Waals surface area (Å²) in [7, 11) is 0. The number of para-hydroxylation sites is 1. The highest BCUT2D eigenvalue weighted by molar-refractivity contribution is 6.36. The van der Waals surface area contributed by atoms with Gasteiger partial charge in [-0.15, -0.1) is 0 Å². The summed E-state index contributed by atoms with van der Waals surface area (Å²) in [5, 5.41) is 5.60. The number of rotatable bonds is 6. The SMILES string of the molecule is CCOC(=O)Cn1cc(/C=N\NC(=O)c2ccc(Cl)cc2Cl)c2ccccc21. The summed E-state index contributed by atoms with van der Waals surface area (Å²) in [6.07, 6.45) is 3.30. The van der Waals surface area contributed by atoms with Gasteiger partial charge in [-0.1, -0.05) is 41.4 Å². The van der Waals surface area contributed by atoms with Crippen LogP contribution in [0.5, 0.6) is 0 Å². The molecule has 0 unspecified atom stereocenters. The van der Waals surface area contributed by atoms with Crippen molar-refractivity contribution in [1.29, 1.82) is 0 Å². The molecule has 28 heavy (non-hydrogen) atoms. The maximum absolute atomic E-state index is 12.2. The number of carbonyl (C=O) groups is 2. The first-order chi connectivity index (χ1) is 13.5. The number of nitrogens with one attached hydrogen (secondary N) is 1. The minimum atomic E-state index is -0.451. The van der Waals surface area contributed by atoms with Crippen molar-refractivity contribution in [3.05, 3.63) is 69.8 Å².